The van der Waals surface area contributed by atoms with Crippen molar-refractivity contribution in [2.45, 2.75) is 89.9 Å². The van der Waals surface area contributed by atoms with Crippen molar-refractivity contribution in [2.24, 2.45) is 17.8 Å². The summed E-state index contributed by atoms with van der Waals surface area (Å²) in [4.78, 5) is 0. The zero-order valence-corrected chi connectivity index (χ0v) is 21.6. The summed E-state index contributed by atoms with van der Waals surface area (Å²) in [6, 6.07) is 11.1. The predicted octanol–water partition coefficient (Wildman–Crippen LogP) is 9.86. The maximum Gasteiger partial charge on any atom is 0.201 e. The second kappa shape index (κ2) is 12.7. The first-order valence-electron chi connectivity index (χ1n) is 13.9. The molecule has 0 bridgehead atoms. The molecule has 2 saturated carbocycles. The van der Waals surface area contributed by atoms with Crippen molar-refractivity contribution in [2.75, 3.05) is 7.11 Å². The lowest BCUT2D eigenvalue weighted by atomic mass is 9.77. The molecule has 2 fully saturated rings. The molecule has 0 heterocycles. The third-order valence-electron chi connectivity index (χ3n) is 8.54. The molecule has 35 heavy (non-hydrogen) atoms. The molecular formula is C32H42F2O. The summed E-state index contributed by atoms with van der Waals surface area (Å²) in [5.74, 6) is 1.38. The highest BCUT2D eigenvalue weighted by atomic mass is 19.2. The summed E-state index contributed by atoms with van der Waals surface area (Å²) < 4.78 is 33.4. The van der Waals surface area contributed by atoms with Crippen LogP contribution in [0.4, 0.5) is 8.78 Å². The summed E-state index contributed by atoms with van der Waals surface area (Å²) in [6.45, 7) is 2.31. The number of ether oxygens (including phenoxy) is 1. The first-order valence-corrected chi connectivity index (χ1v) is 13.9. The molecule has 1 nitrogen and oxygen atoms in total. The van der Waals surface area contributed by atoms with Gasteiger partial charge < -0.3 is 4.74 Å². The second-order valence-corrected chi connectivity index (χ2v) is 10.9. The molecule has 190 valence electrons. The maximum absolute atomic E-state index is 14.5. The van der Waals surface area contributed by atoms with Crippen molar-refractivity contribution >= 4 is 0 Å². The van der Waals surface area contributed by atoms with Gasteiger partial charge >= 0.3 is 0 Å². The lowest BCUT2D eigenvalue weighted by Crippen LogP contribution is -2.13. The monoisotopic (exact) mass is 480 g/mol. The van der Waals surface area contributed by atoms with Crippen LogP contribution in [-0.4, -0.2) is 7.11 Å². The third-order valence-corrected chi connectivity index (χ3v) is 8.54. The van der Waals surface area contributed by atoms with Gasteiger partial charge in [-0.2, -0.15) is 4.39 Å². The average molecular weight is 481 g/mol. The van der Waals surface area contributed by atoms with Gasteiger partial charge in [-0.1, -0.05) is 56.2 Å². The zero-order chi connectivity index (χ0) is 24.6. The van der Waals surface area contributed by atoms with Crippen LogP contribution < -0.4 is 4.74 Å². The molecule has 3 heteroatoms. The minimum absolute atomic E-state index is 0.0651. The van der Waals surface area contributed by atoms with Gasteiger partial charge in [0.15, 0.2) is 11.6 Å². The molecule has 2 aromatic carbocycles. The highest BCUT2D eigenvalue weighted by Gasteiger charge is 2.23. The molecule has 2 aliphatic rings. The first-order chi connectivity index (χ1) is 17.1. The van der Waals surface area contributed by atoms with E-state index in [9.17, 15) is 8.78 Å². The highest BCUT2D eigenvalue weighted by Crippen LogP contribution is 2.39. The van der Waals surface area contributed by atoms with Crippen molar-refractivity contribution in [1.29, 1.82) is 0 Å². The standard InChI is InChI=1S/C32H42F2O/c1-3-6-23-9-11-24(12-10-23)7-4-5-8-25-13-15-26(16-14-25)27-17-19-28(20-18-27)29-21-22-30(35-2)32(34)31(29)33/h4,7,17-26H,3,5-6,8-16H2,1-2H3/b7-4+. The van der Waals surface area contributed by atoms with Crippen molar-refractivity contribution < 1.29 is 13.5 Å². The Labute approximate surface area is 211 Å². The van der Waals surface area contributed by atoms with Crippen LogP contribution in [-0.2, 0) is 0 Å². The molecule has 2 aliphatic carbocycles. The van der Waals surface area contributed by atoms with Gasteiger partial charge in [-0.05, 0) is 111 Å². The lowest BCUT2D eigenvalue weighted by molar-refractivity contribution is 0.293. The molecule has 0 unspecified atom stereocenters. The van der Waals surface area contributed by atoms with Crippen LogP contribution in [0.15, 0.2) is 48.6 Å². The molecule has 0 spiro atoms. The summed E-state index contributed by atoms with van der Waals surface area (Å²) in [5.41, 5.74) is 2.30. The minimum Gasteiger partial charge on any atom is -0.494 e. The van der Waals surface area contributed by atoms with Crippen LogP contribution in [0.25, 0.3) is 11.1 Å². The number of hydrogen-bond donors (Lipinski definition) is 0. The predicted molar refractivity (Wildman–Crippen MR) is 142 cm³/mol. The molecule has 4 rings (SSSR count). The topological polar surface area (TPSA) is 9.23 Å². The smallest absolute Gasteiger partial charge is 0.201 e. The van der Waals surface area contributed by atoms with Crippen LogP contribution >= 0.6 is 0 Å². The first kappa shape index (κ1) is 25.9. The molecule has 2 aromatic rings. The van der Waals surface area contributed by atoms with E-state index in [-0.39, 0.29) is 11.3 Å². The van der Waals surface area contributed by atoms with Crippen molar-refractivity contribution in [3.05, 3.63) is 65.7 Å². The molecule has 0 N–H and O–H groups in total. The van der Waals surface area contributed by atoms with Crippen molar-refractivity contribution in [1.82, 2.24) is 0 Å². The maximum atomic E-state index is 14.5. The number of halogens is 2. The molecule has 0 saturated heterocycles. The Hall–Kier alpha value is -2.16. The Morgan fingerprint density at radius 2 is 1.46 bits per heavy atom. The van der Waals surface area contributed by atoms with Crippen molar-refractivity contribution in [3.63, 3.8) is 0 Å². The fourth-order valence-corrected chi connectivity index (χ4v) is 6.33. The van der Waals surface area contributed by atoms with Crippen LogP contribution in [0, 0.1) is 29.4 Å². The fraction of sp³-hybridized carbons (Fsp3) is 0.562. The summed E-state index contributed by atoms with van der Waals surface area (Å²) >= 11 is 0. The van der Waals surface area contributed by atoms with E-state index in [4.69, 9.17) is 4.74 Å². The van der Waals surface area contributed by atoms with E-state index in [0.717, 1.165) is 17.8 Å². The molecule has 0 aromatic heterocycles. The van der Waals surface area contributed by atoms with Gasteiger partial charge in [0.05, 0.1) is 7.11 Å². The van der Waals surface area contributed by atoms with Gasteiger partial charge in [0.25, 0.3) is 0 Å². The second-order valence-electron chi connectivity index (χ2n) is 10.9. The normalized spacial score (nSPS) is 25.1. The Morgan fingerprint density at radius 1 is 0.800 bits per heavy atom. The Kier molecular flexibility index (Phi) is 9.40. The average Bonchev–Trinajstić information content (AvgIpc) is 2.90. The highest BCUT2D eigenvalue weighted by molar-refractivity contribution is 5.65. The van der Waals surface area contributed by atoms with E-state index in [1.807, 2.05) is 12.1 Å². The van der Waals surface area contributed by atoms with E-state index in [1.165, 1.54) is 95.8 Å². The number of allylic oxidation sites excluding steroid dienone is 2. The summed E-state index contributed by atoms with van der Waals surface area (Å²) in [6.07, 6.45) is 21.0. The molecule has 0 aliphatic heterocycles. The van der Waals surface area contributed by atoms with Gasteiger partial charge in [0, 0.05) is 5.56 Å². The van der Waals surface area contributed by atoms with E-state index in [0.29, 0.717) is 11.5 Å². The van der Waals surface area contributed by atoms with Crippen LogP contribution in [0.3, 0.4) is 0 Å². The van der Waals surface area contributed by atoms with Gasteiger partial charge in [0.2, 0.25) is 5.82 Å². The number of benzene rings is 2. The number of hydrogen-bond acceptors (Lipinski definition) is 1. The van der Waals surface area contributed by atoms with E-state index < -0.39 is 11.6 Å². The largest absolute Gasteiger partial charge is 0.494 e. The molecule has 0 amide bonds. The zero-order valence-electron chi connectivity index (χ0n) is 21.6. The lowest BCUT2D eigenvalue weighted by Gasteiger charge is -2.29. The minimum atomic E-state index is -0.929. The van der Waals surface area contributed by atoms with Crippen LogP contribution in [0.1, 0.15) is 95.5 Å². The van der Waals surface area contributed by atoms with Crippen LogP contribution in [0.2, 0.25) is 0 Å². The Morgan fingerprint density at radius 3 is 2.11 bits per heavy atom. The van der Waals surface area contributed by atoms with E-state index in [1.54, 1.807) is 6.07 Å². The van der Waals surface area contributed by atoms with E-state index in [2.05, 4.69) is 31.2 Å². The summed E-state index contributed by atoms with van der Waals surface area (Å²) in [7, 11) is 1.34. The number of rotatable bonds is 9. The summed E-state index contributed by atoms with van der Waals surface area (Å²) in [5, 5.41) is 0. The molecule has 0 radical (unpaired) electrons. The SMILES string of the molecule is CCCC1CCC(/C=C/CCC2CCC(c3ccc(-c4ccc(OC)c(F)c4F)cc3)CC2)CC1. The Balaban J connectivity index is 1.21. The van der Waals surface area contributed by atoms with Gasteiger partial charge in [-0.3, -0.25) is 0 Å². The van der Waals surface area contributed by atoms with Gasteiger partial charge in [-0.25, -0.2) is 4.39 Å². The molecule has 0 atom stereocenters. The van der Waals surface area contributed by atoms with Crippen LogP contribution in [0.5, 0.6) is 5.75 Å². The fourth-order valence-electron chi connectivity index (χ4n) is 6.33. The third kappa shape index (κ3) is 6.74. The number of methoxy groups -OCH3 is 1. The Bertz CT molecular complexity index is 948. The van der Waals surface area contributed by atoms with Gasteiger partial charge in [0.1, 0.15) is 0 Å². The van der Waals surface area contributed by atoms with Gasteiger partial charge in [-0.15, -0.1) is 0 Å². The van der Waals surface area contributed by atoms with E-state index >= 15 is 0 Å². The van der Waals surface area contributed by atoms with Crippen molar-refractivity contribution in [3.8, 4) is 16.9 Å². The quantitative estimate of drug-likeness (QED) is 0.324. The molecular weight excluding hydrogens is 438 g/mol.